The Hall–Kier alpha value is -0.120. The zero-order valence-corrected chi connectivity index (χ0v) is 8.52. The molecule has 3 heteroatoms. The Labute approximate surface area is 74.8 Å². The Balaban J connectivity index is 4.30. The van der Waals surface area contributed by atoms with E-state index in [0.717, 1.165) is 6.42 Å². The van der Waals surface area contributed by atoms with Gasteiger partial charge in [0.15, 0.2) is 0 Å². The fourth-order valence-electron chi connectivity index (χ4n) is 1.24. The highest BCUT2D eigenvalue weighted by molar-refractivity contribution is 4.91. The summed E-state index contributed by atoms with van der Waals surface area (Å²) in [5, 5.41) is 21.5. The smallest absolute Gasteiger partial charge is 0.0649 e. The van der Waals surface area contributed by atoms with Gasteiger partial charge in [-0.15, -0.1) is 0 Å². The zero-order valence-electron chi connectivity index (χ0n) is 8.52. The molecule has 0 fully saturated rings. The average Bonchev–Trinajstić information content (AvgIpc) is 1.99. The molecule has 3 N–H and O–H groups in total. The quantitative estimate of drug-likeness (QED) is 0.583. The number of hydrogen-bond donors (Lipinski definition) is 3. The van der Waals surface area contributed by atoms with Crippen molar-refractivity contribution < 1.29 is 10.2 Å². The standard InChI is InChI=1S/C9H21NO2/c1-5-9(6-11,7-12)10-8(2,3)4/h10-12H,5-7H2,1-4H3. The first-order valence-electron chi connectivity index (χ1n) is 4.40. The molecule has 0 saturated heterocycles. The topological polar surface area (TPSA) is 52.5 Å². The third-order valence-corrected chi connectivity index (χ3v) is 1.92. The molecule has 0 heterocycles. The highest BCUT2D eigenvalue weighted by Gasteiger charge is 2.30. The first-order chi connectivity index (χ1) is 5.39. The minimum atomic E-state index is -0.530. The Morgan fingerprint density at radius 1 is 1.08 bits per heavy atom. The van der Waals surface area contributed by atoms with Crippen LogP contribution in [0.4, 0.5) is 0 Å². The lowest BCUT2D eigenvalue weighted by Crippen LogP contribution is -2.58. The molecular weight excluding hydrogens is 154 g/mol. The molecular formula is C9H21NO2. The van der Waals surface area contributed by atoms with Gasteiger partial charge in [-0.25, -0.2) is 0 Å². The van der Waals surface area contributed by atoms with Crippen LogP contribution >= 0.6 is 0 Å². The van der Waals surface area contributed by atoms with E-state index in [1.807, 2.05) is 27.7 Å². The van der Waals surface area contributed by atoms with Crippen LogP contribution in [0, 0.1) is 0 Å². The van der Waals surface area contributed by atoms with Gasteiger partial charge in [-0.3, -0.25) is 0 Å². The molecule has 0 aliphatic rings. The Morgan fingerprint density at radius 2 is 1.50 bits per heavy atom. The molecule has 0 spiro atoms. The van der Waals surface area contributed by atoms with E-state index in [1.165, 1.54) is 0 Å². The number of aliphatic hydroxyl groups excluding tert-OH is 2. The predicted octanol–water partition coefficient (Wildman–Crippen LogP) is 0.508. The van der Waals surface area contributed by atoms with Gasteiger partial charge in [0.25, 0.3) is 0 Å². The molecule has 0 radical (unpaired) electrons. The molecule has 0 aliphatic carbocycles. The molecule has 0 bridgehead atoms. The molecule has 3 nitrogen and oxygen atoms in total. The van der Waals surface area contributed by atoms with Crippen LogP contribution in [-0.4, -0.2) is 34.5 Å². The maximum atomic E-state index is 9.12. The Morgan fingerprint density at radius 3 is 1.58 bits per heavy atom. The van der Waals surface area contributed by atoms with Crippen molar-refractivity contribution in [1.29, 1.82) is 0 Å². The fraction of sp³-hybridized carbons (Fsp3) is 1.00. The molecule has 0 saturated carbocycles. The van der Waals surface area contributed by atoms with Crippen LogP contribution in [0.15, 0.2) is 0 Å². The van der Waals surface area contributed by atoms with Crippen molar-refractivity contribution in [3.63, 3.8) is 0 Å². The van der Waals surface area contributed by atoms with Gasteiger partial charge in [0.05, 0.1) is 18.8 Å². The summed E-state index contributed by atoms with van der Waals surface area (Å²) in [4.78, 5) is 0. The maximum absolute atomic E-state index is 9.12. The van der Waals surface area contributed by atoms with Gasteiger partial charge in [0.1, 0.15) is 0 Å². The largest absolute Gasteiger partial charge is 0.394 e. The molecule has 0 aromatic heterocycles. The van der Waals surface area contributed by atoms with E-state index in [4.69, 9.17) is 10.2 Å². The number of hydrogen-bond acceptors (Lipinski definition) is 3. The summed E-state index contributed by atoms with van der Waals surface area (Å²) in [5.74, 6) is 0. The van der Waals surface area contributed by atoms with Crippen LogP contribution in [0.2, 0.25) is 0 Å². The SMILES string of the molecule is CCC(CO)(CO)NC(C)(C)C. The first-order valence-corrected chi connectivity index (χ1v) is 4.40. The molecule has 74 valence electrons. The van der Waals surface area contributed by atoms with Crippen LogP contribution in [-0.2, 0) is 0 Å². The molecule has 0 unspecified atom stereocenters. The fourth-order valence-corrected chi connectivity index (χ4v) is 1.24. The molecule has 0 aromatic carbocycles. The van der Waals surface area contributed by atoms with E-state index in [1.54, 1.807) is 0 Å². The summed E-state index contributed by atoms with van der Waals surface area (Å²) in [5.41, 5.74) is -0.611. The van der Waals surface area contributed by atoms with Gasteiger partial charge in [-0.05, 0) is 27.2 Å². The van der Waals surface area contributed by atoms with E-state index in [2.05, 4.69) is 5.32 Å². The molecule has 12 heavy (non-hydrogen) atoms. The Kier molecular flexibility index (Phi) is 4.17. The maximum Gasteiger partial charge on any atom is 0.0649 e. The van der Waals surface area contributed by atoms with Crippen molar-refractivity contribution in [2.75, 3.05) is 13.2 Å². The first kappa shape index (κ1) is 11.9. The lowest BCUT2D eigenvalue weighted by Gasteiger charge is -2.37. The second-order valence-electron chi connectivity index (χ2n) is 4.33. The van der Waals surface area contributed by atoms with E-state index in [9.17, 15) is 0 Å². The number of aliphatic hydroxyl groups is 2. The third-order valence-electron chi connectivity index (χ3n) is 1.92. The van der Waals surface area contributed by atoms with Crippen molar-refractivity contribution in [3.05, 3.63) is 0 Å². The van der Waals surface area contributed by atoms with Gasteiger partial charge in [-0.1, -0.05) is 6.92 Å². The minimum absolute atomic E-state index is 0.0305. The summed E-state index contributed by atoms with van der Waals surface area (Å²) >= 11 is 0. The van der Waals surface area contributed by atoms with Crippen LogP contribution in [0.5, 0.6) is 0 Å². The van der Waals surface area contributed by atoms with Gasteiger partial charge in [0, 0.05) is 5.54 Å². The van der Waals surface area contributed by atoms with Gasteiger partial charge in [-0.2, -0.15) is 0 Å². The number of rotatable bonds is 4. The van der Waals surface area contributed by atoms with Crippen LogP contribution in [0.1, 0.15) is 34.1 Å². The normalized spacial score (nSPS) is 13.5. The van der Waals surface area contributed by atoms with E-state index in [-0.39, 0.29) is 18.8 Å². The van der Waals surface area contributed by atoms with Gasteiger partial charge >= 0.3 is 0 Å². The molecule has 0 amide bonds. The highest BCUT2D eigenvalue weighted by atomic mass is 16.3. The lowest BCUT2D eigenvalue weighted by molar-refractivity contribution is 0.0668. The lowest BCUT2D eigenvalue weighted by atomic mass is 9.94. The van der Waals surface area contributed by atoms with E-state index >= 15 is 0 Å². The molecule has 0 aromatic rings. The molecule has 0 aliphatic heterocycles. The Bertz CT molecular complexity index is 117. The van der Waals surface area contributed by atoms with Crippen LogP contribution in [0.25, 0.3) is 0 Å². The van der Waals surface area contributed by atoms with Crippen LogP contribution < -0.4 is 5.32 Å². The van der Waals surface area contributed by atoms with Gasteiger partial charge in [0.2, 0.25) is 0 Å². The average molecular weight is 175 g/mol. The van der Waals surface area contributed by atoms with E-state index < -0.39 is 5.54 Å². The van der Waals surface area contributed by atoms with Crippen molar-refractivity contribution in [1.82, 2.24) is 5.32 Å². The van der Waals surface area contributed by atoms with Crippen molar-refractivity contribution >= 4 is 0 Å². The summed E-state index contributed by atoms with van der Waals surface area (Å²) in [6.07, 6.45) is 0.720. The highest BCUT2D eigenvalue weighted by Crippen LogP contribution is 2.14. The second kappa shape index (κ2) is 4.21. The minimum Gasteiger partial charge on any atom is -0.394 e. The second-order valence-corrected chi connectivity index (χ2v) is 4.33. The molecule has 0 atom stereocenters. The van der Waals surface area contributed by atoms with E-state index in [0.29, 0.717) is 0 Å². The summed E-state index contributed by atoms with van der Waals surface area (Å²) < 4.78 is 0. The van der Waals surface area contributed by atoms with Crippen molar-refractivity contribution in [2.24, 2.45) is 0 Å². The summed E-state index contributed by atoms with van der Waals surface area (Å²) in [6, 6.07) is 0. The van der Waals surface area contributed by atoms with Crippen LogP contribution in [0.3, 0.4) is 0 Å². The van der Waals surface area contributed by atoms with Crippen molar-refractivity contribution in [2.45, 2.75) is 45.2 Å². The monoisotopic (exact) mass is 175 g/mol. The van der Waals surface area contributed by atoms with Crippen molar-refractivity contribution in [3.8, 4) is 0 Å². The third kappa shape index (κ3) is 3.52. The summed E-state index contributed by atoms with van der Waals surface area (Å²) in [7, 11) is 0. The molecule has 0 rings (SSSR count). The van der Waals surface area contributed by atoms with Gasteiger partial charge < -0.3 is 15.5 Å². The summed E-state index contributed by atoms with van der Waals surface area (Å²) in [6.45, 7) is 7.94. The zero-order chi connectivity index (χ0) is 9.83. The predicted molar refractivity (Wildman–Crippen MR) is 50.1 cm³/mol. The number of nitrogens with one attached hydrogen (secondary N) is 1.